The van der Waals surface area contributed by atoms with Crippen LogP contribution in [0.4, 0.5) is 0 Å². The van der Waals surface area contributed by atoms with Crippen molar-refractivity contribution in [3.63, 3.8) is 0 Å². The molecule has 0 aliphatic heterocycles. The Morgan fingerprint density at radius 3 is 2.61 bits per heavy atom. The van der Waals surface area contributed by atoms with E-state index in [0.29, 0.717) is 39.4 Å². The Balaban J connectivity index is 1.58. The molecule has 186 valence electrons. The lowest BCUT2D eigenvalue weighted by molar-refractivity contribution is -0.123. The minimum absolute atomic E-state index is 0.0557. The Labute approximate surface area is 217 Å². The zero-order chi connectivity index (χ0) is 25.9. The fourth-order valence-electron chi connectivity index (χ4n) is 3.18. The van der Waals surface area contributed by atoms with E-state index in [1.165, 1.54) is 13.3 Å². The van der Waals surface area contributed by atoms with Crippen LogP contribution in [-0.2, 0) is 22.7 Å². The SMILES string of the molecule is COCc1c(Br)c(C)nc(OCC(=O)N/N=C\c2ccc(OCc3ccccc3)c(OC)c2)c1C#N. The van der Waals surface area contributed by atoms with Crippen molar-refractivity contribution in [2.24, 2.45) is 5.10 Å². The number of hydrazone groups is 1. The first-order valence-corrected chi connectivity index (χ1v) is 11.6. The first-order chi connectivity index (χ1) is 17.5. The molecule has 3 rings (SSSR count). The van der Waals surface area contributed by atoms with E-state index in [9.17, 15) is 10.1 Å². The summed E-state index contributed by atoms with van der Waals surface area (Å²) in [5, 5.41) is 13.5. The number of methoxy groups -OCH3 is 2. The van der Waals surface area contributed by atoms with Crippen molar-refractivity contribution in [1.82, 2.24) is 10.4 Å². The summed E-state index contributed by atoms with van der Waals surface area (Å²) >= 11 is 3.41. The Morgan fingerprint density at radius 1 is 1.14 bits per heavy atom. The number of aryl methyl sites for hydroxylation is 1. The van der Waals surface area contributed by atoms with Gasteiger partial charge in [0.2, 0.25) is 5.88 Å². The molecule has 1 N–H and O–H groups in total. The van der Waals surface area contributed by atoms with E-state index in [1.807, 2.05) is 30.3 Å². The highest BCUT2D eigenvalue weighted by Gasteiger charge is 2.18. The third-order valence-electron chi connectivity index (χ3n) is 4.94. The highest BCUT2D eigenvalue weighted by atomic mass is 79.9. The maximum absolute atomic E-state index is 12.2. The molecule has 10 heteroatoms. The van der Waals surface area contributed by atoms with Gasteiger partial charge in [0.05, 0.1) is 25.6 Å². The number of rotatable bonds is 11. The Bertz CT molecular complexity index is 1280. The topological polar surface area (TPSA) is 115 Å². The van der Waals surface area contributed by atoms with E-state index >= 15 is 0 Å². The largest absolute Gasteiger partial charge is 0.493 e. The van der Waals surface area contributed by atoms with Crippen molar-refractivity contribution in [1.29, 1.82) is 5.26 Å². The summed E-state index contributed by atoms with van der Waals surface area (Å²) in [6.45, 7) is 1.99. The highest BCUT2D eigenvalue weighted by molar-refractivity contribution is 9.10. The minimum Gasteiger partial charge on any atom is -0.493 e. The van der Waals surface area contributed by atoms with Crippen LogP contribution in [0.5, 0.6) is 17.4 Å². The van der Waals surface area contributed by atoms with Crippen molar-refractivity contribution in [3.05, 3.63) is 81.0 Å². The van der Waals surface area contributed by atoms with Crippen molar-refractivity contribution < 1.29 is 23.7 Å². The quantitative estimate of drug-likeness (QED) is 0.278. The fraction of sp³-hybridized carbons (Fsp3) is 0.231. The molecule has 0 atom stereocenters. The summed E-state index contributed by atoms with van der Waals surface area (Å²) in [5.41, 5.74) is 5.54. The highest BCUT2D eigenvalue weighted by Crippen LogP contribution is 2.30. The van der Waals surface area contributed by atoms with Gasteiger partial charge in [-0.3, -0.25) is 4.79 Å². The second kappa shape index (κ2) is 13.2. The monoisotopic (exact) mass is 552 g/mol. The van der Waals surface area contributed by atoms with E-state index in [0.717, 1.165) is 5.56 Å². The third-order valence-corrected chi connectivity index (χ3v) is 5.99. The van der Waals surface area contributed by atoms with Gasteiger partial charge in [-0.1, -0.05) is 30.3 Å². The number of pyridine rings is 1. The summed E-state index contributed by atoms with van der Waals surface area (Å²) in [5.74, 6) is 0.673. The molecule has 3 aromatic rings. The van der Waals surface area contributed by atoms with Crippen LogP contribution in [0.1, 0.15) is 27.9 Å². The van der Waals surface area contributed by atoms with Crippen molar-refractivity contribution in [3.8, 4) is 23.4 Å². The molecule has 0 saturated heterocycles. The molecule has 0 fully saturated rings. The van der Waals surface area contributed by atoms with Crippen LogP contribution in [0.3, 0.4) is 0 Å². The normalized spacial score (nSPS) is 10.6. The standard InChI is InChI=1S/C26H25BrN4O5/c1-17-25(27)21(15-33-2)20(12-28)26(30-17)36-16-24(32)31-29-13-19-9-10-22(23(11-19)34-3)35-14-18-7-5-4-6-8-18/h4-11,13H,14-16H2,1-3H3,(H,31,32)/b29-13-. The molecule has 0 spiro atoms. The molecular formula is C26H25BrN4O5. The molecule has 0 saturated carbocycles. The molecule has 2 aromatic carbocycles. The van der Waals surface area contributed by atoms with Crippen LogP contribution in [-0.4, -0.2) is 37.9 Å². The molecule has 0 bridgehead atoms. The van der Waals surface area contributed by atoms with E-state index in [2.05, 4.69) is 37.5 Å². The first-order valence-electron chi connectivity index (χ1n) is 10.8. The van der Waals surface area contributed by atoms with Gasteiger partial charge in [-0.25, -0.2) is 10.4 Å². The predicted molar refractivity (Wildman–Crippen MR) is 137 cm³/mol. The van der Waals surface area contributed by atoms with Gasteiger partial charge in [-0.15, -0.1) is 0 Å². The van der Waals surface area contributed by atoms with Gasteiger partial charge in [0.25, 0.3) is 5.91 Å². The Morgan fingerprint density at radius 2 is 1.92 bits per heavy atom. The zero-order valence-corrected chi connectivity index (χ0v) is 21.7. The summed E-state index contributed by atoms with van der Waals surface area (Å²) in [4.78, 5) is 16.5. The molecule has 0 aliphatic carbocycles. The number of carbonyl (C=O) groups is 1. The number of ether oxygens (including phenoxy) is 4. The van der Waals surface area contributed by atoms with Gasteiger partial charge >= 0.3 is 0 Å². The lowest BCUT2D eigenvalue weighted by Gasteiger charge is -2.13. The van der Waals surface area contributed by atoms with Crippen molar-refractivity contribution >= 4 is 28.1 Å². The molecule has 1 heterocycles. The molecular weight excluding hydrogens is 528 g/mol. The molecule has 1 amide bonds. The number of hydrogen-bond acceptors (Lipinski definition) is 8. The van der Waals surface area contributed by atoms with Gasteiger partial charge in [0.15, 0.2) is 18.1 Å². The number of aromatic nitrogens is 1. The number of nitrogens with zero attached hydrogens (tertiary/aromatic N) is 3. The number of hydrogen-bond donors (Lipinski definition) is 1. The molecule has 36 heavy (non-hydrogen) atoms. The van der Waals surface area contributed by atoms with Crippen molar-refractivity contribution in [2.45, 2.75) is 20.1 Å². The summed E-state index contributed by atoms with van der Waals surface area (Å²) in [7, 11) is 3.08. The fourth-order valence-corrected chi connectivity index (χ4v) is 3.58. The predicted octanol–water partition coefficient (Wildman–Crippen LogP) is 4.29. The Hall–Kier alpha value is -3.94. The second-order valence-electron chi connectivity index (χ2n) is 7.48. The lowest BCUT2D eigenvalue weighted by Crippen LogP contribution is -2.25. The van der Waals surface area contributed by atoms with Gasteiger partial charge in [0.1, 0.15) is 18.2 Å². The number of amides is 1. The Kier molecular flexibility index (Phi) is 9.80. The maximum atomic E-state index is 12.2. The van der Waals surface area contributed by atoms with Crippen LogP contribution < -0.4 is 19.6 Å². The van der Waals surface area contributed by atoms with Crippen LogP contribution >= 0.6 is 15.9 Å². The van der Waals surface area contributed by atoms with E-state index in [-0.39, 0.29) is 24.7 Å². The second-order valence-corrected chi connectivity index (χ2v) is 8.27. The smallest absolute Gasteiger partial charge is 0.278 e. The minimum atomic E-state index is -0.513. The average molecular weight is 553 g/mol. The van der Waals surface area contributed by atoms with Gasteiger partial charge < -0.3 is 18.9 Å². The van der Waals surface area contributed by atoms with Crippen molar-refractivity contribution in [2.75, 3.05) is 20.8 Å². The molecule has 0 unspecified atom stereocenters. The summed E-state index contributed by atoms with van der Waals surface area (Å²) in [6.07, 6.45) is 1.47. The zero-order valence-electron chi connectivity index (χ0n) is 20.1. The van der Waals surface area contributed by atoms with E-state index in [1.54, 1.807) is 32.2 Å². The van der Waals surface area contributed by atoms with Gasteiger partial charge in [-0.05, 0) is 52.2 Å². The summed E-state index contributed by atoms with van der Waals surface area (Å²) in [6, 6.07) is 17.2. The third kappa shape index (κ3) is 7.04. The van der Waals surface area contributed by atoms with Crippen LogP contribution in [0.2, 0.25) is 0 Å². The number of benzene rings is 2. The number of nitriles is 1. The number of carbonyl (C=O) groups excluding carboxylic acids is 1. The van der Waals surface area contributed by atoms with Crippen LogP contribution in [0, 0.1) is 18.3 Å². The molecule has 0 aliphatic rings. The van der Waals surface area contributed by atoms with Crippen LogP contribution in [0.25, 0.3) is 0 Å². The average Bonchev–Trinajstić information content (AvgIpc) is 2.90. The molecule has 0 radical (unpaired) electrons. The van der Waals surface area contributed by atoms with E-state index in [4.69, 9.17) is 18.9 Å². The molecule has 9 nitrogen and oxygen atoms in total. The number of nitrogens with one attached hydrogen (secondary N) is 1. The molecule has 1 aromatic heterocycles. The maximum Gasteiger partial charge on any atom is 0.278 e. The lowest BCUT2D eigenvalue weighted by atomic mass is 10.1. The van der Waals surface area contributed by atoms with E-state index < -0.39 is 5.91 Å². The van der Waals surface area contributed by atoms with Gasteiger partial charge in [0, 0.05) is 17.1 Å². The number of halogens is 1. The van der Waals surface area contributed by atoms with Crippen LogP contribution in [0.15, 0.2) is 58.1 Å². The van der Waals surface area contributed by atoms with Gasteiger partial charge in [-0.2, -0.15) is 10.4 Å². The first kappa shape index (κ1) is 26.7. The summed E-state index contributed by atoms with van der Waals surface area (Å²) < 4.78 is 22.6.